The van der Waals surface area contributed by atoms with E-state index >= 15 is 0 Å². The Bertz CT molecular complexity index is 226. The third-order valence-electron chi connectivity index (χ3n) is 2.12. The third-order valence-corrected chi connectivity index (χ3v) is 2.12. The molecule has 2 heteroatoms. The Hall–Kier alpha value is -1.05. The van der Waals surface area contributed by atoms with Gasteiger partial charge in [-0.3, -0.25) is 4.79 Å². The van der Waals surface area contributed by atoms with Crippen molar-refractivity contribution in [3.8, 4) is 0 Å². The zero-order chi connectivity index (χ0) is 8.97. The second-order valence-electron chi connectivity index (χ2n) is 2.79. The van der Waals surface area contributed by atoms with E-state index in [0.29, 0.717) is 0 Å². The lowest BCUT2D eigenvalue weighted by Gasteiger charge is -2.24. The predicted octanol–water partition coefficient (Wildman–Crippen LogP) is 2.21. The fourth-order valence-electron chi connectivity index (χ4n) is 1.34. The predicted molar refractivity (Wildman–Crippen MR) is 47.7 cm³/mol. The normalized spacial score (nSPS) is 30.3. The van der Waals surface area contributed by atoms with Gasteiger partial charge in [-0.25, -0.2) is 0 Å². The summed E-state index contributed by atoms with van der Waals surface area (Å²) in [6, 6.07) is 0. The number of aldehydes is 1. The van der Waals surface area contributed by atoms with E-state index < -0.39 is 0 Å². The molecule has 1 rings (SSSR count). The van der Waals surface area contributed by atoms with Crippen LogP contribution in [0.25, 0.3) is 0 Å². The minimum atomic E-state index is -0.338. The molecule has 1 aliphatic rings. The van der Waals surface area contributed by atoms with Crippen LogP contribution >= 0.6 is 0 Å². The Kier molecular flexibility index (Phi) is 3.09. The van der Waals surface area contributed by atoms with Crippen molar-refractivity contribution in [3.05, 3.63) is 23.5 Å². The Morgan fingerprint density at radius 3 is 2.58 bits per heavy atom. The van der Waals surface area contributed by atoms with Crippen molar-refractivity contribution in [3.63, 3.8) is 0 Å². The summed E-state index contributed by atoms with van der Waals surface area (Å²) in [6.07, 6.45) is 6.27. The molecule has 1 fully saturated rings. The molecule has 1 heterocycles. The van der Waals surface area contributed by atoms with Crippen LogP contribution in [-0.4, -0.2) is 12.4 Å². The maximum absolute atomic E-state index is 10.6. The fraction of sp³-hybridized carbons (Fsp3) is 0.500. The van der Waals surface area contributed by atoms with Crippen molar-refractivity contribution < 1.29 is 9.53 Å². The van der Waals surface area contributed by atoms with E-state index in [9.17, 15) is 4.79 Å². The number of allylic oxidation sites excluding steroid dienone is 3. The van der Waals surface area contributed by atoms with Crippen molar-refractivity contribution in [2.45, 2.75) is 32.8 Å². The van der Waals surface area contributed by atoms with Gasteiger partial charge < -0.3 is 4.74 Å². The van der Waals surface area contributed by atoms with Gasteiger partial charge in [0.2, 0.25) is 0 Å². The summed E-state index contributed by atoms with van der Waals surface area (Å²) in [4.78, 5) is 10.6. The fourth-order valence-corrected chi connectivity index (χ4v) is 1.34. The number of carbonyl (C=O) groups excluding carboxylic acids is 1. The average molecular weight is 166 g/mol. The zero-order valence-corrected chi connectivity index (χ0v) is 7.54. The van der Waals surface area contributed by atoms with Gasteiger partial charge in [0.05, 0.1) is 5.76 Å². The maximum atomic E-state index is 10.6. The minimum Gasteiger partial charge on any atom is -0.483 e. The molecular weight excluding hydrogens is 152 g/mol. The van der Waals surface area contributed by atoms with Crippen LogP contribution in [0.2, 0.25) is 0 Å². The van der Waals surface area contributed by atoms with Gasteiger partial charge in [0.15, 0.2) is 12.4 Å². The van der Waals surface area contributed by atoms with Gasteiger partial charge in [-0.2, -0.15) is 0 Å². The van der Waals surface area contributed by atoms with Crippen LogP contribution in [0.3, 0.4) is 0 Å². The van der Waals surface area contributed by atoms with E-state index in [-0.39, 0.29) is 6.10 Å². The summed E-state index contributed by atoms with van der Waals surface area (Å²) >= 11 is 0. The van der Waals surface area contributed by atoms with Crippen LogP contribution in [0.1, 0.15) is 26.7 Å². The van der Waals surface area contributed by atoms with E-state index in [0.717, 1.165) is 30.5 Å². The number of hydrogen-bond donors (Lipinski definition) is 0. The number of carbonyl (C=O) groups is 1. The highest BCUT2D eigenvalue weighted by atomic mass is 16.5. The van der Waals surface area contributed by atoms with E-state index in [1.54, 1.807) is 0 Å². The maximum Gasteiger partial charge on any atom is 0.174 e. The first-order chi connectivity index (χ1) is 5.81. The highest BCUT2D eigenvalue weighted by Crippen LogP contribution is 2.25. The van der Waals surface area contributed by atoms with Crippen LogP contribution in [0, 0.1) is 0 Å². The minimum absolute atomic E-state index is 0.338. The molecule has 0 spiro atoms. The SMILES string of the molecule is C/C=C1\CC/C(=C\C)C(C=O)O1. The summed E-state index contributed by atoms with van der Waals surface area (Å²) in [5, 5.41) is 0. The first-order valence-electron chi connectivity index (χ1n) is 4.24. The molecular formula is C10H14O2. The summed E-state index contributed by atoms with van der Waals surface area (Å²) in [7, 11) is 0. The lowest BCUT2D eigenvalue weighted by atomic mass is 10.0. The largest absolute Gasteiger partial charge is 0.483 e. The molecule has 66 valence electrons. The van der Waals surface area contributed by atoms with Crippen LogP contribution in [0.15, 0.2) is 23.5 Å². The number of ether oxygens (including phenoxy) is 1. The molecule has 0 aromatic heterocycles. The molecule has 0 aromatic carbocycles. The van der Waals surface area contributed by atoms with E-state index in [2.05, 4.69) is 0 Å². The van der Waals surface area contributed by atoms with E-state index in [4.69, 9.17) is 4.74 Å². The molecule has 0 aromatic rings. The van der Waals surface area contributed by atoms with Crippen LogP contribution in [0.5, 0.6) is 0 Å². The highest BCUT2D eigenvalue weighted by Gasteiger charge is 2.20. The summed E-state index contributed by atoms with van der Waals surface area (Å²) in [5.74, 6) is 0.928. The molecule has 0 N–H and O–H groups in total. The van der Waals surface area contributed by atoms with Crippen molar-refractivity contribution in [2.75, 3.05) is 0 Å². The Morgan fingerprint density at radius 1 is 1.33 bits per heavy atom. The van der Waals surface area contributed by atoms with Crippen LogP contribution in [-0.2, 0) is 9.53 Å². The molecule has 0 aliphatic carbocycles. The third kappa shape index (κ3) is 1.76. The topological polar surface area (TPSA) is 26.3 Å². The standard InChI is InChI=1S/C10H14O2/c1-3-8-5-6-9(4-2)12-10(8)7-11/h3-4,7,10H,5-6H2,1-2H3/b8-3+,9-4+. The lowest BCUT2D eigenvalue weighted by molar-refractivity contribution is -0.115. The van der Waals surface area contributed by atoms with Gasteiger partial charge in [0, 0.05) is 6.42 Å². The van der Waals surface area contributed by atoms with Gasteiger partial charge in [-0.05, 0) is 31.9 Å². The van der Waals surface area contributed by atoms with Gasteiger partial charge in [-0.1, -0.05) is 6.08 Å². The molecule has 1 aliphatic heterocycles. The molecule has 0 saturated carbocycles. The van der Waals surface area contributed by atoms with Gasteiger partial charge >= 0.3 is 0 Å². The van der Waals surface area contributed by atoms with Crippen molar-refractivity contribution in [2.24, 2.45) is 0 Å². The van der Waals surface area contributed by atoms with Crippen molar-refractivity contribution in [1.29, 1.82) is 0 Å². The van der Waals surface area contributed by atoms with Crippen molar-refractivity contribution in [1.82, 2.24) is 0 Å². The zero-order valence-electron chi connectivity index (χ0n) is 7.54. The summed E-state index contributed by atoms with van der Waals surface area (Å²) in [5.41, 5.74) is 1.09. The lowest BCUT2D eigenvalue weighted by Crippen LogP contribution is -2.21. The Morgan fingerprint density at radius 2 is 2.08 bits per heavy atom. The van der Waals surface area contributed by atoms with E-state index in [1.165, 1.54) is 0 Å². The molecule has 0 amide bonds. The molecule has 0 radical (unpaired) electrons. The quantitative estimate of drug-likeness (QED) is 0.441. The summed E-state index contributed by atoms with van der Waals surface area (Å²) in [6.45, 7) is 3.87. The van der Waals surface area contributed by atoms with Crippen molar-refractivity contribution >= 4 is 6.29 Å². The molecule has 1 atom stereocenters. The number of rotatable bonds is 1. The second-order valence-corrected chi connectivity index (χ2v) is 2.79. The molecule has 2 nitrogen and oxygen atoms in total. The molecule has 0 bridgehead atoms. The molecule has 12 heavy (non-hydrogen) atoms. The summed E-state index contributed by atoms with van der Waals surface area (Å²) < 4.78 is 5.41. The van der Waals surface area contributed by atoms with Crippen LogP contribution < -0.4 is 0 Å². The van der Waals surface area contributed by atoms with Gasteiger partial charge in [0.1, 0.15) is 0 Å². The van der Waals surface area contributed by atoms with E-state index in [1.807, 2.05) is 26.0 Å². The van der Waals surface area contributed by atoms with Gasteiger partial charge in [-0.15, -0.1) is 0 Å². The second kappa shape index (κ2) is 4.10. The smallest absolute Gasteiger partial charge is 0.174 e. The number of hydrogen-bond acceptors (Lipinski definition) is 2. The Balaban J connectivity index is 2.72. The first-order valence-corrected chi connectivity index (χ1v) is 4.24. The monoisotopic (exact) mass is 166 g/mol. The highest BCUT2D eigenvalue weighted by molar-refractivity contribution is 5.62. The molecule has 1 unspecified atom stereocenters. The molecule has 1 saturated heterocycles. The van der Waals surface area contributed by atoms with Gasteiger partial charge in [0.25, 0.3) is 0 Å². The average Bonchev–Trinajstić information content (AvgIpc) is 2.16. The van der Waals surface area contributed by atoms with Crippen LogP contribution in [0.4, 0.5) is 0 Å². The Labute approximate surface area is 72.9 Å². The first kappa shape index (κ1) is 9.04.